The Morgan fingerprint density at radius 2 is 2.08 bits per heavy atom. The number of hydrogen-bond donors (Lipinski definition) is 1. The molecule has 0 bridgehead atoms. The van der Waals surface area contributed by atoms with Crippen LogP contribution >= 0.6 is 11.6 Å². The summed E-state index contributed by atoms with van der Waals surface area (Å²) in [5.41, 5.74) is 0.842. The van der Waals surface area contributed by atoms with Crippen LogP contribution in [0.2, 0.25) is 5.02 Å². The molecular formula is C17H18ClNO5. The SMILES string of the molecule is Cc1cc(OCC(=O)OCC(=O)N[C@@H](C)c2ccco2)ccc1Cl. The molecule has 0 aliphatic rings. The largest absolute Gasteiger partial charge is 0.482 e. The highest BCUT2D eigenvalue weighted by atomic mass is 35.5. The number of ether oxygens (including phenoxy) is 2. The molecule has 6 nitrogen and oxygen atoms in total. The molecule has 1 aromatic heterocycles. The normalized spacial score (nSPS) is 11.6. The average molecular weight is 352 g/mol. The molecule has 2 rings (SSSR count). The molecule has 0 radical (unpaired) electrons. The van der Waals surface area contributed by atoms with Gasteiger partial charge in [0, 0.05) is 5.02 Å². The van der Waals surface area contributed by atoms with Crippen LogP contribution in [-0.2, 0) is 14.3 Å². The lowest BCUT2D eigenvalue weighted by Gasteiger charge is -2.12. The van der Waals surface area contributed by atoms with Crippen molar-refractivity contribution in [2.24, 2.45) is 0 Å². The highest BCUT2D eigenvalue weighted by molar-refractivity contribution is 6.31. The van der Waals surface area contributed by atoms with Gasteiger partial charge in [-0.05, 0) is 49.7 Å². The number of nitrogens with one attached hydrogen (secondary N) is 1. The Kier molecular flexibility index (Phi) is 6.26. The Labute approximate surface area is 144 Å². The fraction of sp³-hybridized carbons (Fsp3) is 0.294. The van der Waals surface area contributed by atoms with E-state index in [1.807, 2.05) is 6.92 Å². The van der Waals surface area contributed by atoms with Crippen LogP contribution in [0.4, 0.5) is 0 Å². The average Bonchev–Trinajstić information content (AvgIpc) is 3.08. The molecule has 128 valence electrons. The summed E-state index contributed by atoms with van der Waals surface area (Å²) in [4.78, 5) is 23.3. The topological polar surface area (TPSA) is 77.8 Å². The number of halogens is 1. The van der Waals surface area contributed by atoms with E-state index in [0.717, 1.165) is 5.56 Å². The van der Waals surface area contributed by atoms with E-state index in [4.69, 9.17) is 25.5 Å². The first kappa shape index (κ1) is 17.9. The minimum Gasteiger partial charge on any atom is -0.482 e. The second-order valence-corrected chi connectivity index (χ2v) is 5.57. The first-order valence-corrected chi connectivity index (χ1v) is 7.71. The van der Waals surface area contributed by atoms with Gasteiger partial charge in [-0.15, -0.1) is 0 Å². The fourth-order valence-corrected chi connectivity index (χ4v) is 2.05. The van der Waals surface area contributed by atoms with Crippen molar-refractivity contribution < 1.29 is 23.5 Å². The second-order valence-electron chi connectivity index (χ2n) is 5.16. The number of rotatable bonds is 7. The fourth-order valence-electron chi connectivity index (χ4n) is 1.93. The van der Waals surface area contributed by atoms with Crippen LogP contribution in [0.3, 0.4) is 0 Å². The maximum atomic E-state index is 11.7. The lowest BCUT2D eigenvalue weighted by Crippen LogP contribution is -2.31. The Hall–Kier alpha value is -2.47. The van der Waals surface area contributed by atoms with E-state index in [1.165, 1.54) is 6.26 Å². The predicted octanol–water partition coefficient (Wildman–Crippen LogP) is 3.04. The number of amides is 1. The van der Waals surface area contributed by atoms with Gasteiger partial charge in [0.15, 0.2) is 13.2 Å². The number of esters is 1. The summed E-state index contributed by atoms with van der Waals surface area (Å²) < 4.78 is 15.3. The minimum absolute atomic E-state index is 0.290. The third kappa shape index (κ3) is 5.31. The molecule has 0 aliphatic heterocycles. The molecule has 1 aromatic carbocycles. The van der Waals surface area contributed by atoms with Crippen molar-refractivity contribution in [3.8, 4) is 5.75 Å². The monoisotopic (exact) mass is 351 g/mol. The van der Waals surface area contributed by atoms with Crippen LogP contribution in [0.15, 0.2) is 41.0 Å². The standard InChI is InChI=1S/C17H18ClNO5/c1-11-8-13(5-6-14(11)18)23-10-17(21)24-9-16(20)19-12(2)15-4-3-7-22-15/h3-8,12H,9-10H2,1-2H3,(H,19,20)/t12-/m0/s1. The van der Waals surface area contributed by atoms with Gasteiger partial charge >= 0.3 is 5.97 Å². The number of benzene rings is 1. The molecule has 0 fully saturated rings. The van der Waals surface area contributed by atoms with Crippen LogP contribution < -0.4 is 10.1 Å². The maximum Gasteiger partial charge on any atom is 0.344 e. The third-order valence-corrected chi connectivity index (χ3v) is 3.62. The molecule has 24 heavy (non-hydrogen) atoms. The van der Waals surface area contributed by atoms with Gasteiger partial charge in [-0.1, -0.05) is 11.6 Å². The van der Waals surface area contributed by atoms with Crippen molar-refractivity contribution in [3.63, 3.8) is 0 Å². The summed E-state index contributed by atoms with van der Waals surface area (Å²) in [6.45, 7) is 2.93. The van der Waals surface area contributed by atoms with Crippen molar-refractivity contribution in [2.45, 2.75) is 19.9 Å². The van der Waals surface area contributed by atoms with Gasteiger partial charge in [-0.25, -0.2) is 4.79 Å². The zero-order valence-corrected chi connectivity index (χ0v) is 14.1. The Morgan fingerprint density at radius 1 is 1.29 bits per heavy atom. The summed E-state index contributed by atoms with van der Waals surface area (Å²) in [6.07, 6.45) is 1.52. The smallest absolute Gasteiger partial charge is 0.344 e. The summed E-state index contributed by atoms with van der Waals surface area (Å²) in [7, 11) is 0. The van der Waals surface area contributed by atoms with Crippen molar-refractivity contribution in [2.75, 3.05) is 13.2 Å². The highest BCUT2D eigenvalue weighted by Gasteiger charge is 2.14. The number of carbonyl (C=O) groups excluding carboxylic acids is 2. The van der Waals surface area contributed by atoms with E-state index in [1.54, 1.807) is 37.3 Å². The number of aryl methyl sites for hydroxylation is 1. The number of hydrogen-bond acceptors (Lipinski definition) is 5. The van der Waals surface area contributed by atoms with E-state index in [2.05, 4.69) is 5.32 Å². The molecule has 0 unspecified atom stereocenters. The lowest BCUT2D eigenvalue weighted by molar-refractivity contribution is -0.150. The van der Waals surface area contributed by atoms with Gasteiger partial charge in [0.1, 0.15) is 11.5 Å². The summed E-state index contributed by atoms with van der Waals surface area (Å²) in [5.74, 6) is 0.0684. The van der Waals surface area contributed by atoms with Crippen LogP contribution in [0.5, 0.6) is 5.75 Å². The predicted molar refractivity (Wildman–Crippen MR) is 87.9 cm³/mol. The van der Waals surface area contributed by atoms with Crippen molar-refractivity contribution in [1.82, 2.24) is 5.32 Å². The number of furan rings is 1. The molecule has 2 aromatic rings. The lowest BCUT2D eigenvalue weighted by atomic mass is 10.2. The first-order valence-electron chi connectivity index (χ1n) is 7.33. The van der Waals surface area contributed by atoms with Crippen molar-refractivity contribution in [3.05, 3.63) is 52.9 Å². The molecule has 1 heterocycles. The van der Waals surface area contributed by atoms with Gasteiger partial charge in [-0.3, -0.25) is 4.79 Å². The Balaban J connectivity index is 1.70. The molecule has 7 heteroatoms. The minimum atomic E-state index is -0.636. The third-order valence-electron chi connectivity index (χ3n) is 3.20. The zero-order valence-electron chi connectivity index (χ0n) is 13.4. The molecule has 1 amide bonds. The van der Waals surface area contributed by atoms with Crippen LogP contribution in [0.25, 0.3) is 0 Å². The second kappa shape index (κ2) is 8.40. The quantitative estimate of drug-likeness (QED) is 0.776. The van der Waals surface area contributed by atoms with Gasteiger partial charge in [-0.2, -0.15) is 0 Å². The molecule has 0 saturated heterocycles. The molecule has 1 atom stereocenters. The van der Waals surface area contributed by atoms with Crippen LogP contribution in [-0.4, -0.2) is 25.1 Å². The van der Waals surface area contributed by atoms with Crippen molar-refractivity contribution in [1.29, 1.82) is 0 Å². The van der Waals surface area contributed by atoms with Crippen LogP contribution in [0, 0.1) is 6.92 Å². The summed E-state index contributed by atoms with van der Waals surface area (Å²) in [6, 6.07) is 8.22. The summed E-state index contributed by atoms with van der Waals surface area (Å²) >= 11 is 5.91. The van der Waals surface area contributed by atoms with E-state index in [-0.39, 0.29) is 19.3 Å². The molecule has 1 N–H and O–H groups in total. The van der Waals surface area contributed by atoms with E-state index >= 15 is 0 Å². The van der Waals surface area contributed by atoms with Gasteiger partial charge in [0.05, 0.1) is 12.3 Å². The van der Waals surface area contributed by atoms with Crippen molar-refractivity contribution >= 4 is 23.5 Å². The number of carbonyl (C=O) groups is 2. The zero-order chi connectivity index (χ0) is 17.5. The first-order chi connectivity index (χ1) is 11.5. The molecular weight excluding hydrogens is 334 g/mol. The van der Waals surface area contributed by atoms with E-state index in [0.29, 0.717) is 16.5 Å². The Bertz CT molecular complexity index is 699. The highest BCUT2D eigenvalue weighted by Crippen LogP contribution is 2.20. The van der Waals surface area contributed by atoms with Gasteiger partial charge in [0.2, 0.25) is 0 Å². The Morgan fingerprint density at radius 3 is 2.75 bits per heavy atom. The van der Waals surface area contributed by atoms with E-state index < -0.39 is 11.9 Å². The van der Waals surface area contributed by atoms with Gasteiger partial charge in [0.25, 0.3) is 5.91 Å². The van der Waals surface area contributed by atoms with Gasteiger partial charge < -0.3 is 19.2 Å². The molecule has 0 spiro atoms. The summed E-state index contributed by atoms with van der Waals surface area (Å²) in [5, 5.41) is 3.28. The maximum absolute atomic E-state index is 11.7. The molecule has 0 saturated carbocycles. The van der Waals surface area contributed by atoms with E-state index in [9.17, 15) is 9.59 Å². The molecule has 0 aliphatic carbocycles. The van der Waals surface area contributed by atoms with Crippen LogP contribution in [0.1, 0.15) is 24.3 Å².